The molecule has 4 aliphatic carbocycles. The minimum Gasteiger partial charge on any atom is -0.454 e. The molecule has 6 rings (SSSR count). The van der Waals surface area contributed by atoms with Gasteiger partial charge < -0.3 is 10.1 Å². The highest BCUT2D eigenvalue weighted by Crippen LogP contribution is 2.65. The second-order valence-corrected chi connectivity index (χ2v) is 7.99. The third-order valence-corrected chi connectivity index (χ3v) is 6.46. The fourth-order valence-corrected chi connectivity index (χ4v) is 5.21. The number of likely N-dealkylation sites (tertiary alicyclic amines) is 1. The van der Waals surface area contributed by atoms with Crippen LogP contribution in [0.25, 0.3) is 0 Å². The van der Waals surface area contributed by atoms with Gasteiger partial charge in [-0.05, 0) is 42.2 Å². The van der Waals surface area contributed by atoms with Crippen LogP contribution in [0.1, 0.15) is 6.42 Å². The summed E-state index contributed by atoms with van der Waals surface area (Å²) in [6.45, 7) is -0.897. The van der Waals surface area contributed by atoms with Gasteiger partial charge in [0, 0.05) is 5.69 Å². The van der Waals surface area contributed by atoms with Crippen LogP contribution in [0, 0.1) is 35.5 Å². The highest BCUT2D eigenvalue weighted by Gasteiger charge is 2.67. The van der Waals surface area contributed by atoms with Crippen molar-refractivity contribution in [3.05, 3.63) is 42.5 Å². The van der Waals surface area contributed by atoms with E-state index in [1.54, 1.807) is 24.3 Å². The SMILES string of the molecule is O=C(COC(=O)CN1C(=O)C2C3C=CC(C4CC34)C2C1=O)Nc1ccccc1. The highest BCUT2D eigenvalue weighted by atomic mass is 16.5. The van der Waals surface area contributed by atoms with Crippen LogP contribution in [0.2, 0.25) is 0 Å². The molecule has 6 unspecified atom stereocenters. The van der Waals surface area contributed by atoms with Gasteiger partial charge >= 0.3 is 5.97 Å². The zero-order chi connectivity index (χ0) is 19.4. The van der Waals surface area contributed by atoms with Gasteiger partial charge in [0.05, 0.1) is 11.8 Å². The van der Waals surface area contributed by atoms with Crippen LogP contribution in [0.3, 0.4) is 0 Å². The molecule has 6 atom stereocenters. The summed E-state index contributed by atoms with van der Waals surface area (Å²) < 4.78 is 4.97. The Hall–Kier alpha value is -2.96. The number of ether oxygens (including phenoxy) is 1. The van der Waals surface area contributed by atoms with Gasteiger partial charge in [0.15, 0.2) is 6.61 Å². The summed E-state index contributed by atoms with van der Waals surface area (Å²) >= 11 is 0. The number of imide groups is 1. The Labute approximate surface area is 161 Å². The van der Waals surface area contributed by atoms with Crippen molar-refractivity contribution in [3.8, 4) is 0 Å². The largest absolute Gasteiger partial charge is 0.454 e. The van der Waals surface area contributed by atoms with Crippen molar-refractivity contribution in [1.82, 2.24) is 4.90 Å². The molecular weight excluding hydrogens is 360 g/mol. The van der Waals surface area contributed by atoms with Gasteiger partial charge in [-0.25, -0.2) is 0 Å². The maximum absolute atomic E-state index is 12.8. The number of nitrogens with one attached hydrogen (secondary N) is 1. The Morgan fingerprint density at radius 3 is 2.21 bits per heavy atom. The van der Waals surface area contributed by atoms with Gasteiger partial charge in [0.25, 0.3) is 5.91 Å². The molecule has 5 aliphatic rings. The molecule has 1 aromatic carbocycles. The van der Waals surface area contributed by atoms with Crippen molar-refractivity contribution < 1.29 is 23.9 Å². The average molecular weight is 380 g/mol. The average Bonchev–Trinajstić information content (AvgIpc) is 3.48. The van der Waals surface area contributed by atoms with E-state index >= 15 is 0 Å². The van der Waals surface area contributed by atoms with E-state index in [4.69, 9.17) is 4.74 Å². The molecule has 1 heterocycles. The minimum absolute atomic E-state index is 0.120. The first-order chi connectivity index (χ1) is 13.5. The fourth-order valence-electron chi connectivity index (χ4n) is 5.21. The van der Waals surface area contributed by atoms with E-state index in [2.05, 4.69) is 17.5 Å². The number of benzene rings is 1. The first kappa shape index (κ1) is 17.2. The molecule has 2 saturated carbocycles. The number of nitrogens with zero attached hydrogens (tertiary/aromatic N) is 1. The summed E-state index contributed by atoms with van der Waals surface area (Å²) in [7, 11) is 0. The predicted molar refractivity (Wildman–Crippen MR) is 97.4 cm³/mol. The van der Waals surface area contributed by atoms with Gasteiger partial charge in [-0.15, -0.1) is 0 Å². The molecule has 0 aromatic heterocycles. The molecule has 1 N–H and O–H groups in total. The van der Waals surface area contributed by atoms with Crippen LogP contribution >= 0.6 is 0 Å². The van der Waals surface area contributed by atoms with Crippen LogP contribution in [0.4, 0.5) is 5.69 Å². The molecule has 0 radical (unpaired) electrons. The molecule has 1 saturated heterocycles. The molecule has 1 aliphatic heterocycles. The maximum atomic E-state index is 12.8. The van der Waals surface area contributed by atoms with Crippen molar-refractivity contribution in [2.75, 3.05) is 18.5 Å². The number of hydrogen-bond acceptors (Lipinski definition) is 5. The topological polar surface area (TPSA) is 92.8 Å². The lowest BCUT2D eigenvalue weighted by Crippen LogP contribution is -2.40. The lowest BCUT2D eigenvalue weighted by molar-refractivity contribution is -0.154. The molecular formula is C21H20N2O5. The van der Waals surface area contributed by atoms with Crippen molar-refractivity contribution in [1.29, 1.82) is 0 Å². The molecule has 3 amide bonds. The number of hydrogen-bond donors (Lipinski definition) is 1. The Balaban J connectivity index is 1.18. The smallest absolute Gasteiger partial charge is 0.326 e. The van der Waals surface area contributed by atoms with Gasteiger partial charge in [-0.3, -0.25) is 24.1 Å². The van der Waals surface area contributed by atoms with Crippen molar-refractivity contribution >= 4 is 29.4 Å². The molecule has 144 valence electrons. The van der Waals surface area contributed by atoms with Crippen molar-refractivity contribution in [3.63, 3.8) is 0 Å². The van der Waals surface area contributed by atoms with Gasteiger partial charge in [-0.2, -0.15) is 0 Å². The van der Waals surface area contributed by atoms with Crippen LogP contribution in [0.15, 0.2) is 42.5 Å². The zero-order valence-corrected chi connectivity index (χ0v) is 15.1. The highest BCUT2D eigenvalue weighted by molar-refractivity contribution is 6.08. The van der Waals surface area contributed by atoms with E-state index in [1.807, 2.05) is 6.07 Å². The second-order valence-electron chi connectivity index (χ2n) is 7.99. The maximum Gasteiger partial charge on any atom is 0.326 e. The number of esters is 1. The summed E-state index contributed by atoms with van der Waals surface area (Å²) in [5, 5.41) is 2.61. The molecule has 7 nitrogen and oxygen atoms in total. The number of carbonyl (C=O) groups excluding carboxylic acids is 4. The quantitative estimate of drug-likeness (QED) is 0.471. The normalized spacial score (nSPS) is 34.1. The van der Waals surface area contributed by atoms with E-state index in [1.165, 1.54) is 0 Å². The van der Waals surface area contributed by atoms with Crippen LogP contribution < -0.4 is 5.32 Å². The Bertz CT molecular complexity index is 859. The van der Waals surface area contributed by atoms with E-state index < -0.39 is 25.0 Å². The number of anilines is 1. The summed E-state index contributed by atoms with van der Waals surface area (Å²) in [5.41, 5.74) is 0.596. The Kier molecular flexibility index (Phi) is 3.86. The zero-order valence-electron chi connectivity index (χ0n) is 15.1. The van der Waals surface area contributed by atoms with Gasteiger partial charge in [0.1, 0.15) is 6.54 Å². The van der Waals surface area contributed by atoms with E-state index in [-0.39, 0.29) is 35.5 Å². The summed E-state index contributed by atoms with van der Waals surface area (Å²) in [6, 6.07) is 8.81. The number of rotatable bonds is 5. The Morgan fingerprint density at radius 1 is 1.00 bits per heavy atom. The standard InChI is InChI=1S/C21H20N2O5/c24-16(22-11-4-2-1-3-5-11)10-28-17(25)9-23-20(26)18-12-6-7-13(15-8-14(12)15)19(18)21(23)27/h1-7,12-15,18-19H,8-10H2,(H,22,24). The summed E-state index contributed by atoms with van der Waals surface area (Å²) in [6.07, 6.45) is 5.26. The molecule has 7 heteroatoms. The second kappa shape index (κ2) is 6.29. The Morgan fingerprint density at radius 2 is 1.61 bits per heavy atom. The lowest BCUT2D eigenvalue weighted by atomic mass is 9.63. The van der Waals surface area contributed by atoms with E-state index in [9.17, 15) is 19.2 Å². The van der Waals surface area contributed by atoms with Crippen LogP contribution in [0.5, 0.6) is 0 Å². The van der Waals surface area contributed by atoms with E-state index in [0.29, 0.717) is 17.5 Å². The van der Waals surface area contributed by atoms with Gasteiger partial charge in [0.2, 0.25) is 11.8 Å². The molecule has 3 fully saturated rings. The van der Waals surface area contributed by atoms with Crippen LogP contribution in [-0.4, -0.2) is 41.7 Å². The predicted octanol–water partition coefficient (Wildman–Crippen LogP) is 1.22. The summed E-state index contributed by atoms with van der Waals surface area (Å²) in [5.74, 6) is -1.17. The van der Waals surface area contributed by atoms with Crippen molar-refractivity contribution in [2.24, 2.45) is 35.5 Å². The molecule has 1 aromatic rings. The number of para-hydroxylation sites is 1. The summed E-state index contributed by atoms with van der Waals surface area (Å²) in [4.78, 5) is 50.7. The lowest BCUT2D eigenvalue weighted by Gasteiger charge is -2.37. The monoisotopic (exact) mass is 380 g/mol. The van der Waals surface area contributed by atoms with Gasteiger partial charge in [-0.1, -0.05) is 30.4 Å². The number of allylic oxidation sites excluding steroid dienone is 2. The first-order valence-electron chi connectivity index (χ1n) is 9.58. The molecule has 0 spiro atoms. The minimum atomic E-state index is -0.756. The number of carbonyl (C=O) groups is 4. The third kappa shape index (κ3) is 2.65. The fraction of sp³-hybridized carbons (Fsp3) is 0.429. The van der Waals surface area contributed by atoms with Crippen molar-refractivity contribution in [2.45, 2.75) is 6.42 Å². The number of amides is 3. The molecule has 2 bridgehead atoms. The van der Waals surface area contributed by atoms with Crippen LogP contribution in [-0.2, 0) is 23.9 Å². The van der Waals surface area contributed by atoms with E-state index in [0.717, 1.165) is 11.3 Å². The third-order valence-electron chi connectivity index (χ3n) is 6.46. The first-order valence-corrected chi connectivity index (χ1v) is 9.58. The molecule has 28 heavy (non-hydrogen) atoms.